The van der Waals surface area contributed by atoms with E-state index in [1.807, 2.05) is 24.3 Å². The van der Waals surface area contributed by atoms with Crippen LogP contribution in [0.2, 0.25) is 0 Å². The van der Waals surface area contributed by atoms with Crippen molar-refractivity contribution in [3.63, 3.8) is 0 Å². The first-order valence-corrected chi connectivity index (χ1v) is 34.4. The van der Waals surface area contributed by atoms with E-state index in [2.05, 4.69) is 359 Å². The van der Waals surface area contributed by atoms with Crippen LogP contribution in [0.3, 0.4) is 0 Å². The Bertz CT molecular complexity index is 6150. The molecule has 0 unspecified atom stereocenters. The summed E-state index contributed by atoms with van der Waals surface area (Å²) in [6.07, 6.45) is 0. The van der Waals surface area contributed by atoms with Crippen LogP contribution in [0.4, 0.5) is 68.2 Å². The minimum absolute atomic E-state index is 0.712. The summed E-state index contributed by atoms with van der Waals surface area (Å²) in [5.74, 6) is 0. The zero-order valence-corrected chi connectivity index (χ0v) is 55.1. The second-order valence-electron chi connectivity index (χ2n) is 25.9. The number of hydrogen-bond donors (Lipinski definition) is 0. The van der Waals surface area contributed by atoms with Crippen LogP contribution in [0.25, 0.3) is 121 Å². The highest BCUT2D eigenvalue weighted by atomic mass is 16.3. The van der Waals surface area contributed by atoms with Gasteiger partial charge < -0.3 is 37.3 Å². The summed E-state index contributed by atoms with van der Waals surface area (Å²) in [6.45, 7) is 0. The molecule has 0 N–H and O–H groups in total. The number of hydrogen-bond acceptors (Lipinski definition) is 8. The number of nitrogens with zero attached hydrogens (tertiary/aromatic N) is 4. The maximum atomic E-state index is 7.75. The third-order valence-corrected chi connectivity index (χ3v) is 20.0. The molecular weight excluding hydrogens is 1250 g/mol. The fourth-order valence-corrected chi connectivity index (χ4v) is 15.3. The fourth-order valence-electron chi connectivity index (χ4n) is 15.3. The predicted octanol–water partition coefficient (Wildman–Crippen LogP) is 27.7. The summed E-state index contributed by atoms with van der Waals surface area (Å²) in [5.41, 5.74) is 22.1. The Morgan fingerprint density at radius 1 is 0.157 bits per heavy atom. The number of anilines is 12. The topological polar surface area (TPSA) is 65.5 Å². The molecule has 0 saturated carbocycles. The molecule has 102 heavy (non-hydrogen) atoms. The number of rotatable bonds is 14. The van der Waals surface area contributed by atoms with Gasteiger partial charge in [0.25, 0.3) is 0 Å². The quantitative estimate of drug-likeness (QED) is 0.107. The Labute approximate surface area is 586 Å². The lowest BCUT2D eigenvalue weighted by Crippen LogP contribution is -2.11. The second-order valence-corrected chi connectivity index (χ2v) is 25.9. The van der Waals surface area contributed by atoms with Gasteiger partial charge in [0.2, 0.25) is 0 Å². The highest BCUT2D eigenvalue weighted by Gasteiger charge is 2.30. The lowest BCUT2D eigenvalue weighted by Gasteiger charge is -2.28. The van der Waals surface area contributed by atoms with Crippen molar-refractivity contribution in [3.8, 4) is 22.3 Å². The van der Waals surface area contributed by atoms with Crippen molar-refractivity contribution < 1.29 is 17.7 Å². The Morgan fingerprint density at radius 2 is 0.441 bits per heavy atom. The molecule has 0 atom stereocenters. The van der Waals surface area contributed by atoms with Crippen molar-refractivity contribution in [2.24, 2.45) is 0 Å². The second kappa shape index (κ2) is 24.0. The highest BCUT2D eigenvalue weighted by Crippen LogP contribution is 2.54. The maximum absolute atomic E-state index is 7.75. The van der Waals surface area contributed by atoms with Crippen LogP contribution in [-0.2, 0) is 0 Å². The molecule has 0 saturated heterocycles. The van der Waals surface area contributed by atoms with E-state index < -0.39 is 0 Å². The van der Waals surface area contributed by atoms with Crippen LogP contribution in [-0.4, -0.2) is 0 Å². The molecular formula is C94H60N4O4. The van der Waals surface area contributed by atoms with Crippen LogP contribution in [0, 0.1) is 0 Å². The van der Waals surface area contributed by atoms with E-state index in [0.717, 1.165) is 178 Å². The van der Waals surface area contributed by atoms with Crippen LogP contribution < -0.4 is 19.6 Å². The summed E-state index contributed by atoms with van der Waals surface area (Å²) in [6, 6.07) is 129. The standard InChI is InChI=1S/C94H60N4O4/c1-7-23-61(24-8-1)63-39-43-69(44-40-63)95(65-27-11-3-12-28-65)73-47-51-77-89(57-73)101-93-83(97(67-31-15-5-16-32-67)71-49-53-87-79(55-71)75-35-19-21-37-85(75)99-87)60-82-81(91(77)93)59-84(98(68-33-17-6-18-34-68)72-50-54-88-80(56-72)76-36-20-22-38-86(76)100-88)94-92(82)78-52-48-74(58-90(78)102-94)96(66-29-13-4-14-30-66)70-45-41-64(42-46-70)62-25-9-2-10-26-62/h1-60H. The third kappa shape index (κ3) is 9.83. The number of benzene rings is 16. The molecule has 480 valence electrons. The smallest absolute Gasteiger partial charge is 0.160 e. The molecule has 0 amide bonds. The molecule has 4 heterocycles. The van der Waals surface area contributed by atoms with Gasteiger partial charge in [-0.05, 0) is 191 Å². The first-order chi connectivity index (χ1) is 50.6. The zero-order chi connectivity index (χ0) is 67.2. The molecule has 0 spiro atoms. The van der Waals surface area contributed by atoms with Gasteiger partial charge in [-0.3, -0.25) is 0 Å². The van der Waals surface area contributed by atoms with Gasteiger partial charge in [-0.2, -0.15) is 0 Å². The van der Waals surface area contributed by atoms with Gasteiger partial charge >= 0.3 is 0 Å². The first-order valence-electron chi connectivity index (χ1n) is 34.4. The van der Waals surface area contributed by atoms with E-state index in [9.17, 15) is 0 Å². The minimum Gasteiger partial charge on any atom is -0.456 e. The van der Waals surface area contributed by atoms with Crippen molar-refractivity contribution >= 4 is 167 Å². The van der Waals surface area contributed by atoms with Crippen molar-refractivity contribution in [1.29, 1.82) is 0 Å². The molecule has 8 nitrogen and oxygen atoms in total. The average molecular weight is 1310 g/mol. The predicted molar refractivity (Wildman–Crippen MR) is 423 cm³/mol. The molecule has 8 heteroatoms. The number of furan rings is 4. The summed E-state index contributed by atoms with van der Waals surface area (Å²) in [5, 5.41) is 9.86. The largest absolute Gasteiger partial charge is 0.456 e. The Kier molecular flexibility index (Phi) is 13.7. The normalized spacial score (nSPS) is 11.7. The average Bonchev–Trinajstić information content (AvgIpc) is 1.50. The molecule has 0 radical (unpaired) electrons. The molecule has 20 rings (SSSR count). The summed E-state index contributed by atoms with van der Waals surface area (Å²) >= 11 is 0. The Hall–Kier alpha value is -13.8. The van der Waals surface area contributed by atoms with Crippen molar-refractivity contribution in [2.75, 3.05) is 19.6 Å². The molecule has 0 fully saturated rings. The Morgan fingerprint density at radius 3 is 0.824 bits per heavy atom. The molecule has 0 aliphatic rings. The van der Waals surface area contributed by atoms with Crippen LogP contribution in [0.1, 0.15) is 0 Å². The number of para-hydroxylation sites is 6. The van der Waals surface area contributed by atoms with Crippen LogP contribution in [0.5, 0.6) is 0 Å². The van der Waals surface area contributed by atoms with Gasteiger partial charge in [-0.25, -0.2) is 0 Å². The van der Waals surface area contributed by atoms with Crippen LogP contribution in [0.15, 0.2) is 382 Å². The third-order valence-electron chi connectivity index (χ3n) is 20.0. The summed E-state index contributed by atoms with van der Waals surface area (Å²) in [7, 11) is 0. The van der Waals surface area contributed by atoms with Crippen molar-refractivity contribution in [2.45, 2.75) is 0 Å². The van der Waals surface area contributed by atoms with E-state index in [0.29, 0.717) is 11.2 Å². The van der Waals surface area contributed by atoms with E-state index in [4.69, 9.17) is 17.7 Å². The lowest BCUT2D eigenvalue weighted by atomic mass is 9.95. The maximum Gasteiger partial charge on any atom is 0.160 e. The SMILES string of the molecule is c1ccc(-c2ccc(N(c3ccccc3)c3ccc4c(c3)oc3c(N(c5ccccc5)c5ccc6oc7ccccc7c6c5)cc5c(cc(N(c6ccccc6)c6ccc7oc8ccccc8c7c6)c6oc7cc(N(c8ccccc8)c8ccc(-c9ccccc9)cc8)ccc7c65)c34)cc2)cc1. The minimum atomic E-state index is 0.712. The van der Waals surface area contributed by atoms with Crippen LogP contribution >= 0.6 is 0 Å². The molecule has 16 aromatic carbocycles. The van der Waals surface area contributed by atoms with Gasteiger partial charge in [0.1, 0.15) is 33.5 Å². The lowest BCUT2D eigenvalue weighted by molar-refractivity contribution is 0.668. The summed E-state index contributed by atoms with van der Waals surface area (Å²) < 4.78 is 28.6. The molecule has 4 aromatic heterocycles. The zero-order valence-electron chi connectivity index (χ0n) is 55.1. The van der Waals surface area contributed by atoms with Gasteiger partial charge in [0, 0.05) is 112 Å². The van der Waals surface area contributed by atoms with E-state index >= 15 is 0 Å². The van der Waals surface area contributed by atoms with Gasteiger partial charge in [0.05, 0.1) is 11.4 Å². The van der Waals surface area contributed by atoms with E-state index in [1.165, 1.54) is 0 Å². The highest BCUT2D eigenvalue weighted by molar-refractivity contribution is 6.33. The van der Waals surface area contributed by atoms with E-state index in [1.54, 1.807) is 0 Å². The number of fused-ring (bicyclic) bond motifs is 15. The fraction of sp³-hybridized carbons (Fsp3) is 0. The van der Waals surface area contributed by atoms with E-state index in [-0.39, 0.29) is 0 Å². The first kappa shape index (κ1) is 58.3. The van der Waals surface area contributed by atoms with Gasteiger partial charge in [-0.1, -0.05) is 194 Å². The monoisotopic (exact) mass is 1310 g/mol. The van der Waals surface area contributed by atoms with Crippen molar-refractivity contribution in [1.82, 2.24) is 0 Å². The van der Waals surface area contributed by atoms with Gasteiger partial charge in [-0.15, -0.1) is 0 Å². The van der Waals surface area contributed by atoms with Gasteiger partial charge in [0.15, 0.2) is 11.2 Å². The molecule has 0 aliphatic heterocycles. The summed E-state index contributed by atoms with van der Waals surface area (Å²) in [4.78, 5) is 9.31. The van der Waals surface area contributed by atoms with Crippen molar-refractivity contribution in [3.05, 3.63) is 364 Å². The Balaban J connectivity index is 0.887. The molecule has 20 aromatic rings. The molecule has 0 bridgehead atoms. The molecule has 0 aliphatic carbocycles.